The van der Waals surface area contributed by atoms with Crippen molar-refractivity contribution >= 4 is 18.0 Å². The van der Waals surface area contributed by atoms with Gasteiger partial charge in [0.1, 0.15) is 17.7 Å². The third-order valence-electron chi connectivity index (χ3n) is 6.60. The van der Waals surface area contributed by atoms with Crippen LogP contribution in [0, 0.1) is 23.2 Å². The minimum Gasteiger partial charge on any atom is -0.464 e. The molecule has 0 saturated heterocycles. The summed E-state index contributed by atoms with van der Waals surface area (Å²) in [7, 11) is 0. The van der Waals surface area contributed by atoms with Crippen molar-refractivity contribution in [2.24, 2.45) is 23.2 Å². The van der Waals surface area contributed by atoms with E-state index < -0.39 is 29.1 Å². The van der Waals surface area contributed by atoms with E-state index in [0.29, 0.717) is 18.8 Å². The zero-order chi connectivity index (χ0) is 26.1. The maximum atomic E-state index is 12.9. The van der Waals surface area contributed by atoms with Gasteiger partial charge in [-0.15, -0.1) is 0 Å². The van der Waals surface area contributed by atoms with E-state index in [1.165, 1.54) is 19.3 Å². The van der Waals surface area contributed by atoms with Crippen LogP contribution in [-0.2, 0) is 23.8 Å². The molecular weight excluding hydrogens is 434 g/mol. The molecule has 0 aliphatic heterocycles. The van der Waals surface area contributed by atoms with Gasteiger partial charge < -0.3 is 19.5 Å². The van der Waals surface area contributed by atoms with Crippen LogP contribution in [0.5, 0.6) is 0 Å². The highest BCUT2D eigenvalue weighted by Crippen LogP contribution is 2.28. The lowest BCUT2D eigenvalue weighted by molar-refractivity contribution is -0.158. The predicted octanol–water partition coefficient (Wildman–Crippen LogP) is 6.03. The van der Waals surface area contributed by atoms with Gasteiger partial charge >= 0.3 is 18.0 Å². The summed E-state index contributed by atoms with van der Waals surface area (Å²) in [6.07, 6.45) is 6.22. The van der Waals surface area contributed by atoms with Crippen molar-refractivity contribution in [3.8, 4) is 0 Å². The SMILES string of the molecule is CCC(OC(=O)CC1CCCCC1)[C@H](C)[C@@H](C)COC(=O)[C@@H](NC(=O)OC(C)(C)C)C(C)(C)C. The molecule has 0 aromatic rings. The quantitative estimate of drug-likeness (QED) is 0.301. The normalized spacial score (nSPS) is 18.9. The lowest BCUT2D eigenvalue weighted by atomic mass is 9.86. The first-order valence-electron chi connectivity index (χ1n) is 13.0. The number of carbonyl (C=O) groups is 3. The number of amides is 1. The Hall–Kier alpha value is -1.79. The summed E-state index contributed by atoms with van der Waals surface area (Å²) in [6, 6.07) is -0.847. The standard InChI is InChI=1S/C27H49NO6/c1-10-21(33-22(29)16-20-14-12-11-13-15-20)19(3)18(2)17-32-24(30)23(26(4,5)6)28-25(31)34-27(7,8)9/h18-21,23H,10-17H2,1-9H3,(H,28,31)/t18-,19+,21?,23+/m0/s1. The molecule has 4 atom stereocenters. The molecule has 1 aliphatic rings. The summed E-state index contributed by atoms with van der Waals surface area (Å²) in [5, 5.41) is 2.66. The summed E-state index contributed by atoms with van der Waals surface area (Å²) in [4.78, 5) is 37.6. The molecule has 34 heavy (non-hydrogen) atoms. The number of alkyl carbamates (subject to hydrolysis) is 1. The predicted molar refractivity (Wildman–Crippen MR) is 133 cm³/mol. The lowest BCUT2D eigenvalue weighted by Gasteiger charge is -2.32. The average molecular weight is 484 g/mol. The molecule has 0 heterocycles. The van der Waals surface area contributed by atoms with Crippen molar-refractivity contribution in [1.82, 2.24) is 5.32 Å². The topological polar surface area (TPSA) is 90.9 Å². The van der Waals surface area contributed by atoms with Gasteiger partial charge in [0, 0.05) is 6.42 Å². The first-order chi connectivity index (χ1) is 15.6. The monoisotopic (exact) mass is 483 g/mol. The molecular formula is C27H49NO6. The third-order valence-corrected chi connectivity index (χ3v) is 6.60. The second-order valence-electron chi connectivity index (χ2n) is 12.1. The summed E-state index contributed by atoms with van der Waals surface area (Å²) in [6.45, 7) is 17.1. The van der Waals surface area contributed by atoms with Crippen LogP contribution in [0.4, 0.5) is 4.79 Å². The Labute approximate surface area is 207 Å². The summed E-state index contributed by atoms with van der Waals surface area (Å²) in [5.41, 5.74) is -1.21. The smallest absolute Gasteiger partial charge is 0.408 e. The van der Waals surface area contributed by atoms with Crippen molar-refractivity contribution in [1.29, 1.82) is 0 Å². The van der Waals surface area contributed by atoms with E-state index >= 15 is 0 Å². The zero-order valence-electron chi connectivity index (χ0n) is 23.0. The van der Waals surface area contributed by atoms with Crippen LogP contribution >= 0.6 is 0 Å². The summed E-state index contributed by atoms with van der Waals surface area (Å²) in [5.74, 6) is -0.165. The number of hydrogen-bond donors (Lipinski definition) is 1. The molecule has 1 fully saturated rings. The fourth-order valence-electron chi connectivity index (χ4n) is 4.28. The molecule has 0 bridgehead atoms. The van der Waals surface area contributed by atoms with Crippen LogP contribution in [0.2, 0.25) is 0 Å². The van der Waals surface area contributed by atoms with E-state index in [0.717, 1.165) is 12.8 Å². The maximum absolute atomic E-state index is 12.9. The second-order valence-corrected chi connectivity index (χ2v) is 12.1. The molecule has 1 aliphatic carbocycles. The molecule has 198 valence electrons. The molecule has 0 aromatic carbocycles. The first kappa shape index (κ1) is 30.2. The molecule has 1 N–H and O–H groups in total. The Morgan fingerprint density at radius 3 is 2.06 bits per heavy atom. The highest BCUT2D eigenvalue weighted by molar-refractivity contribution is 5.82. The zero-order valence-corrected chi connectivity index (χ0v) is 23.0. The Kier molecular flexibility index (Phi) is 11.9. The van der Waals surface area contributed by atoms with E-state index in [1.54, 1.807) is 20.8 Å². The van der Waals surface area contributed by atoms with Crippen molar-refractivity contribution in [2.75, 3.05) is 6.61 Å². The summed E-state index contributed by atoms with van der Waals surface area (Å²) < 4.78 is 16.8. The van der Waals surface area contributed by atoms with Gasteiger partial charge in [0.05, 0.1) is 6.61 Å². The van der Waals surface area contributed by atoms with Crippen molar-refractivity contribution < 1.29 is 28.6 Å². The largest absolute Gasteiger partial charge is 0.464 e. The Balaban J connectivity index is 2.63. The highest BCUT2D eigenvalue weighted by atomic mass is 16.6. The third kappa shape index (κ3) is 11.1. The van der Waals surface area contributed by atoms with E-state index in [-0.39, 0.29) is 30.5 Å². The number of ether oxygens (including phenoxy) is 3. The highest BCUT2D eigenvalue weighted by Gasteiger charge is 2.36. The number of rotatable bonds is 10. The molecule has 1 unspecified atom stereocenters. The van der Waals surface area contributed by atoms with E-state index in [9.17, 15) is 14.4 Å². The van der Waals surface area contributed by atoms with Gasteiger partial charge in [0.15, 0.2) is 0 Å². The number of nitrogens with one attached hydrogen (secondary N) is 1. The number of hydrogen-bond acceptors (Lipinski definition) is 6. The van der Waals surface area contributed by atoms with Gasteiger partial charge in [-0.2, -0.15) is 0 Å². The number of carbonyl (C=O) groups excluding carboxylic acids is 3. The van der Waals surface area contributed by atoms with Crippen LogP contribution in [0.3, 0.4) is 0 Å². The van der Waals surface area contributed by atoms with Gasteiger partial charge in [-0.3, -0.25) is 4.79 Å². The minimum atomic E-state index is -0.847. The van der Waals surface area contributed by atoms with Gasteiger partial charge in [0.25, 0.3) is 0 Å². The van der Waals surface area contributed by atoms with Crippen molar-refractivity contribution in [3.05, 3.63) is 0 Å². The first-order valence-corrected chi connectivity index (χ1v) is 13.0. The van der Waals surface area contributed by atoms with E-state index in [4.69, 9.17) is 14.2 Å². The van der Waals surface area contributed by atoms with Crippen molar-refractivity contribution in [2.45, 2.75) is 125 Å². The van der Waals surface area contributed by atoms with Crippen LogP contribution in [0.15, 0.2) is 0 Å². The fourth-order valence-corrected chi connectivity index (χ4v) is 4.28. The number of esters is 2. The molecule has 1 rings (SSSR count). The maximum Gasteiger partial charge on any atom is 0.408 e. The van der Waals surface area contributed by atoms with Crippen LogP contribution in [0.1, 0.15) is 107 Å². The van der Waals surface area contributed by atoms with Crippen molar-refractivity contribution in [3.63, 3.8) is 0 Å². The van der Waals surface area contributed by atoms with E-state index in [2.05, 4.69) is 5.32 Å². The van der Waals surface area contributed by atoms with Gasteiger partial charge in [-0.05, 0) is 63.2 Å². The molecule has 1 amide bonds. The van der Waals surface area contributed by atoms with Gasteiger partial charge in [0.2, 0.25) is 0 Å². The fraction of sp³-hybridized carbons (Fsp3) is 0.889. The average Bonchev–Trinajstić information content (AvgIpc) is 2.72. The lowest BCUT2D eigenvalue weighted by Crippen LogP contribution is -2.51. The Morgan fingerprint density at radius 1 is 0.971 bits per heavy atom. The molecule has 7 heteroatoms. The Morgan fingerprint density at radius 2 is 1.56 bits per heavy atom. The summed E-state index contributed by atoms with van der Waals surface area (Å²) >= 11 is 0. The van der Waals surface area contributed by atoms with Crippen LogP contribution in [-0.4, -0.2) is 42.4 Å². The van der Waals surface area contributed by atoms with Crippen LogP contribution < -0.4 is 5.32 Å². The van der Waals surface area contributed by atoms with Gasteiger partial charge in [-0.25, -0.2) is 9.59 Å². The molecule has 7 nitrogen and oxygen atoms in total. The second kappa shape index (κ2) is 13.3. The van der Waals surface area contributed by atoms with Crippen LogP contribution in [0.25, 0.3) is 0 Å². The minimum absolute atomic E-state index is 0.0153. The Bertz CT molecular complexity index is 657. The molecule has 0 radical (unpaired) electrons. The van der Waals surface area contributed by atoms with E-state index in [1.807, 2.05) is 41.5 Å². The van der Waals surface area contributed by atoms with Gasteiger partial charge in [-0.1, -0.05) is 60.8 Å². The molecule has 1 saturated carbocycles. The molecule has 0 aromatic heterocycles. The molecule has 0 spiro atoms.